The summed E-state index contributed by atoms with van der Waals surface area (Å²) in [4.78, 5) is 29.5. The molecule has 0 atom stereocenters. The smallest absolute Gasteiger partial charge is 0.267 e. The third-order valence-electron chi connectivity index (χ3n) is 3.49. The van der Waals surface area contributed by atoms with Gasteiger partial charge in [-0.15, -0.1) is 11.3 Å². The first-order valence-corrected chi connectivity index (χ1v) is 9.81. The molecule has 3 aromatic rings. The first-order chi connectivity index (χ1) is 12.5. The van der Waals surface area contributed by atoms with Crippen LogP contribution < -0.4 is 10.9 Å². The van der Waals surface area contributed by atoms with Crippen molar-refractivity contribution in [3.63, 3.8) is 0 Å². The van der Waals surface area contributed by atoms with Crippen molar-refractivity contribution < 1.29 is 9.59 Å². The summed E-state index contributed by atoms with van der Waals surface area (Å²) in [6.45, 7) is 1.77. The maximum absolute atomic E-state index is 12.4. The van der Waals surface area contributed by atoms with Gasteiger partial charge in [0.25, 0.3) is 11.8 Å². The number of benzene rings is 2. The quantitative estimate of drug-likeness (QED) is 0.415. The average molecular weight is 498 g/mol. The van der Waals surface area contributed by atoms with Gasteiger partial charge in [0.05, 0.1) is 11.3 Å². The Balaban J connectivity index is 1.71. The van der Waals surface area contributed by atoms with Gasteiger partial charge < -0.3 is 0 Å². The first kappa shape index (κ1) is 18.8. The van der Waals surface area contributed by atoms with Crippen LogP contribution in [0, 0.1) is 10.5 Å². The summed E-state index contributed by atoms with van der Waals surface area (Å²) in [7, 11) is 0. The Kier molecular flexibility index (Phi) is 5.90. The van der Waals surface area contributed by atoms with Crippen LogP contribution in [0.5, 0.6) is 0 Å². The van der Waals surface area contributed by atoms with Gasteiger partial charge in [-0.3, -0.25) is 20.4 Å². The van der Waals surface area contributed by atoms with Crippen molar-refractivity contribution in [2.24, 2.45) is 0 Å². The molecule has 3 rings (SSSR count). The molecule has 0 fully saturated rings. The number of aryl methyl sites for hydroxylation is 1. The molecule has 1 aromatic heterocycles. The number of nitrogens with zero attached hydrogens (tertiary/aromatic N) is 1. The Bertz CT molecular complexity index is 976. The Hall–Kier alpha value is -1.97. The largest absolute Gasteiger partial charge is 0.281 e. The Morgan fingerprint density at radius 1 is 1.08 bits per heavy atom. The lowest BCUT2D eigenvalue weighted by atomic mass is 10.2. The van der Waals surface area contributed by atoms with Crippen molar-refractivity contribution in [1.82, 2.24) is 15.8 Å². The molecular formula is C18H13ClIN3O2S. The monoisotopic (exact) mass is 497 g/mol. The average Bonchev–Trinajstić information content (AvgIpc) is 3.02. The number of carbonyl (C=O) groups is 2. The van der Waals surface area contributed by atoms with Crippen LogP contribution in [-0.2, 0) is 0 Å². The van der Waals surface area contributed by atoms with E-state index in [1.165, 1.54) is 11.3 Å². The van der Waals surface area contributed by atoms with Crippen LogP contribution in [-0.4, -0.2) is 16.8 Å². The fraction of sp³-hybridized carbons (Fsp3) is 0.0556. The summed E-state index contributed by atoms with van der Waals surface area (Å²) in [6.07, 6.45) is 0. The molecule has 0 aliphatic heterocycles. The highest BCUT2D eigenvalue weighted by atomic mass is 127. The molecule has 2 aromatic carbocycles. The topological polar surface area (TPSA) is 71.1 Å². The zero-order valence-electron chi connectivity index (χ0n) is 13.5. The van der Waals surface area contributed by atoms with Crippen molar-refractivity contribution in [3.8, 4) is 10.6 Å². The first-order valence-electron chi connectivity index (χ1n) is 7.54. The van der Waals surface area contributed by atoms with Crippen LogP contribution in [0.2, 0.25) is 5.02 Å². The second kappa shape index (κ2) is 8.15. The second-order valence-electron chi connectivity index (χ2n) is 5.33. The van der Waals surface area contributed by atoms with E-state index in [2.05, 4.69) is 15.8 Å². The van der Waals surface area contributed by atoms with Gasteiger partial charge >= 0.3 is 0 Å². The Morgan fingerprint density at radius 2 is 1.77 bits per heavy atom. The van der Waals surface area contributed by atoms with Gasteiger partial charge in [-0.05, 0) is 47.7 Å². The Labute approximate surface area is 172 Å². The summed E-state index contributed by atoms with van der Waals surface area (Å²) in [6, 6.07) is 14.5. The summed E-state index contributed by atoms with van der Waals surface area (Å²) in [5.41, 5.74) is 6.85. The summed E-state index contributed by atoms with van der Waals surface area (Å²) in [5.74, 6) is -0.815. The molecule has 2 N–H and O–H groups in total. The lowest BCUT2D eigenvalue weighted by Crippen LogP contribution is -2.41. The molecule has 5 nitrogen and oxygen atoms in total. The molecule has 132 valence electrons. The molecule has 0 unspecified atom stereocenters. The molecule has 0 aliphatic carbocycles. The van der Waals surface area contributed by atoms with Gasteiger partial charge in [-0.25, -0.2) is 4.98 Å². The van der Waals surface area contributed by atoms with Gasteiger partial charge in [0.1, 0.15) is 9.88 Å². The zero-order valence-corrected chi connectivity index (χ0v) is 17.3. The van der Waals surface area contributed by atoms with Gasteiger partial charge in [-0.1, -0.05) is 41.9 Å². The minimum Gasteiger partial charge on any atom is -0.267 e. The van der Waals surface area contributed by atoms with E-state index in [4.69, 9.17) is 11.6 Å². The number of amides is 2. The highest BCUT2D eigenvalue weighted by Crippen LogP contribution is 2.27. The predicted octanol–water partition coefficient (Wildman–Crippen LogP) is 4.45. The third kappa shape index (κ3) is 4.22. The number of hydrogen-bond acceptors (Lipinski definition) is 4. The van der Waals surface area contributed by atoms with E-state index < -0.39 is 11.8 Å². The molecule has 26 heavy (non-hydrogen) atoms. The second-order valence-corrected chi connectivity index (χ2v) is 7.93. The van der Waals surface area contributed by atoms with Crippen LogP contribution >= 0.6 is 45.5 Å². The fourth-order valence-electron chi connectivity index (χ4n) is 2.22. The lowest BCUT2D eigenvalue weighted by Gasteiger charge is -2.08. The van der Waals surface area contributed by atoms with Crippen LogP contribution in [0.25, 0.3) is 10.6 Å². The maximum Gasteiger partial charge on any atom is 0.281 e. The van der Waals surface area contributed by atoms with Crippen LogP contribution in [0.4, 0.5) is 0 Å². The molecular weight excluding hydrogens is 485 g/mol. The number of thiazole rings is 1. The van der Waals surface area contributed by atoms with E-state index >= 15 is 0 Å². The molecule has 0 saturated heterocycles. The van der Waals surface area contributed by atoms with Crippen molar-refractivity contribution >= 4 is 57.3 Å². The third-order valence-corrected chi connectivity index (χ3v) is 5.82. The number of hydrazine groups is 1. The van der Waals surface area contributed by atoms with Crippen LogP contribution in [0.1, 0.15) is 25.7 Å². The summed E-state index contributed by atoms with van der Waals surface area (Å²) in [5, 5.41) is 1.30. The van der Waals surface area contributed by atoms with E-state index in [0.717, 1.165) is 10.6 Å². The van der Waals surface area contributed by atoms with E-state index in [1.54, 1.807) is 25.1 Å². The van der Waals surface area contributed by atoms with Crippen molar-refractivity contribution in [2.45, 2.75) is 6.92 Å². The van der Waals surface area contributed by atoms with Crippen molar-refractivity contribution in [1.29, 1.82) is 0 Å². The van der Waals surface area contributed by atoms with E-state index in [0.29, 0.717) is 24.7 Å². The number of halogens is 2. The molecule has 0 saturated carbocycles. The van der Waals surface area contributed by atoms with Crippen molar-refractivity contribution in [3.05, 3.63) is 73.3 Å². The SMILES string of the molecule is Cc1nc(-c2ccccc2)sc1C(=O)NNC(=O)c1ccc(Cl)cc1I. The fourth-order valence-corrected chi connectivity index (χ4v) is 4.31. The minimum atomic E-state index is -0.412. The normalized spacial score (nSPS) is 10.4. The van der Waals surface area contributed by atoms with E-state index in [-0.39, 0.29) is 0 Å². The van der Waals surface area contributed by atoms with E-state index in [1.807, 2.05) is 52.9 Å². The number of aromatic nitrogens is 1. The number of carbonyl (C=O) groups excluding carboxylic acids is 2. The summed E-state index contributed by atoms with van der Waals surface area (Å²) < 4.78 is 0.696. The van der Waals surface area contributed by atoms with Crippen molar-refractivity contribution in [2.75, 3.05) is 0 Å². The molecule has 0 spiro atoms. The molecule has 0 bridgehead atoms. The highest BCUT2D eigenvalue weighted by molar-refractivity contribution is 14.1. The molecule has 2 amide bonds. The molecule has 1 heterocycles. The predicted molar refractivity (Wildman–Crippen MR) is 111 cm³/mol. The number of nitrogens with one attached hydrogen (secondary N) is 2. The molecule has 8 heteroatoms. The maximum atomic E-state index is 12.4. The van der Waals surface area contributed by atoms with Gasteiger partial charge in [0, 0.05) is 14.2 Å². The van der Waals surface area contributed by atoms with Crippen LogP contribution in [0.3, 0.4) is 0 Å². The van der Waals surface area contributed by atoms with Gasteiger partial charge in [-0.2, -0.15) is 0 Å². The summed E-state index contributed by atoms with van der Waals surface area (Å²) >= 11 is 9.19. The standard InChI is InChI=1S/C18H13ClIN3O2S/c1-10-15(26-18(21-10)11-5-3-2-4-6-11)17(25)23-22-16(24)13-8-7-12(19)9-14(13)20/h2-9H,1H3,(H,22,24)(H,23,25). The zero-order chi connectivity index (χ0) is 18.7. The van der Waals surface area contributed by atoms with Gasteiger partial charge in [0.15, 0.2) is 0 Å². The lowest BCUT2D eigenvalue weighted by molar-refractivity contribution is 0.0848. The minimum absolute atomic E-state index is 0.403. The van der Waals surface area contributed by atoms with Crippen LogP contribution in [0.15, 0.2) is 48.5 Å². The number of hydrogen-bond donors (Lipinski definition) is 2. The molecule has 0 radical (unpaired) electrons. The number of rotatable bonds is 3. The van der Waals surface area contributed by atoms with Gasteiger partial charge in [0.2, 0.25) is 0 Å². The molecule has 0 aliphatic rings. The Morgan fingerprint density at radius 3 is 2.46 bits per heavy atom. The van der Waals surface area contributed by atoms with E-state index in [9.17, 15) is 9.59 Å². The highest BCUT2D eigenvalue weighted by Gasteiger charge is 2.17.